The molecular formula is C13H24N2O2. The maximum Gasteiger partial charge on any atom is 0.307 e. The van der Waals surface area contributed by atoms with Crippen molar-refractivity contribution in [1.29, 1.82) is 0 Å². The highest BCUT2D eigenvalue weighted by Crippen LogP contribution is 2.23. The van der Waals surface area contributed by atoms with E-state index in [4.69, 9.17) is 4.74 Å². The highest BCUT2D eigenvalue weighted by Gasteiger charge is 2.32. The highest BCUT2D eigenvalue weighted by molar-refractivity contribution is 5.70. The Kier molecular flexibility index (Phi) is 4.40. The second-order valence-corrected chi connectivity index (χ2v) is 5.19. The van der Waals surface area contributed by atoms with Crippen LogP contribution in [0.15, 0.2) is 0 Å². The predicted molar refractivity (Wildman–Crippen MR) is 66.9 cm³/mol. The van der Waals surface area contributed by atoms with Crippen molar-refractivity contribution in [2.75, 3.05) is 32.8 Å². The van der Waals surface area contributed by atoms with Gasteiger partial charge in [-0.05, 0) is 33.2 Å². The van der Waals surface area contributed by atoms with Gasteiger partial charge in [-0.25, -0.2) is 0 Å². The maximum atomic E-state index is 11.5. The van der Waals surface area contributed by atoms with Crippen LogP contribution in [-0.4, -0.2) is 60.6 Å². The van der Waals surface area contributed by atoms with Crippen LogP contribution in [0, 0.1) is 0 Å². The van der Waals surface area contributed by atoms with E-state index >= 15 is 0 Å². The van der Waals surface area contributed by atoms with Gasteiger partial charge in [0.1, 0.15) is 0 Å². The lowest BCUT2D eigenvalue weighted by atomic mass is 10.1. The summed E-state index contributed by atoms with van der Waals surface area (Å²) in [5.41, 5.74) is 0. The number of carbonyl (C=O) groups excluding carboxylic acids is 1. The molecule has 0 saturated carbocycles. The van der Waals surface area contributed by atoms with Crippen LogP contribution in [0.25, 0.3) is 0 Å². The van der Waals surface area contributed by atoms with E-state index in [1.165, 1.54) is 19.4 Å². The Morgan fingerprint density at radius 3 is 3.00 bits per heavy atom. The van der Waals surface area contributed by atoms with Gasteiger partial charge in [0.25, 0.3) is 0 Å². The molecule has 0 aromatic carbocycles. The Bertz CT molecular complexity index is 270. The molecule has 2 saturated heterocycles. The van der Waals surface area contributed by atoms with E-state index in [9.17, 15) is 4.79 Å². The zero-order chi connectivity index (χ0) is 12.3. The van der Waals surface area contributed by atoms with Crippen molar-refractivity contribution in [3.05, 3.63) is 0 Å². The topological polar surface area (TPSA) is 32.8 Å². The molecule has 2 rings (SSSR count). The number of hydrogen-bond acceptors (Lipinski definition) is 4. The number of esters is 1. The third-order valence-electron chi connectivity index (χ3n) is 4.01. The number of nitrogens with zero attached hydrogens (tertiary/aromatic N) is 2. The minimum atomic E-state index is -0.0612. The summed E-state index contributed by atoms with van der Waals surface area (Å²) in [6.07, 6.45) is 3.19. The summed E-state index contributed by atoms with van der Waals surface area (Å²) in [5, 5.41) is 0. The maximum absolute atomic E-state index is 11.5. The highest BCUT2D eigenvalue weighted by atomic mass is 16.5. The van der Waals surface area contributed by atoms with E-state index in [0.29, 0.717) is 19.1 Å². The molecule has 2 aliphatic rings. The van der Waals surface area contributed by atoms with Crippen LogP contribution < -0.4 is 0 Å². The van der Waals surface area contributed by atoms with Crippen molar-refractivity contribution in [3.63, 3.8) is 0 Å². The summed E-state index contributed by atoms with van der Waals surface area (Å²) in [6.45, 7) is 9.14. The summed E-state index contributed by atoms with van der Waals surface area (Å²) in [5.74, 6) is -0.0612. The summed E-state index contributed by atoms with van der Waals surface area (Å²) in [4.78, 5) is 16.5. The van der Waals surface area contributed by atoms with Crippen LogP contribution in [0.3, 0.4) is 0 Å². The number of hydrogen-bond donors (Lipinski definition) is 0. The molecular weight excluding hydrogens is 216 g/mol. The molecule has 2 atom stereocenters. The first-order valence-electron chi connectivity index (χ1n) is 6.84. The van der Waals surface area contributed by atoms with Crippen LogP contribution in [0.2, 0.25) is 0 Å². The summed E-state index contributed by atoms with van der Waals surface area (Å²) in [7, 11) is 0. The smallest absolute Gasteiger partial charge is 0.307 e. The number of rotatable bonds is 4. The van der Waals surface area contributed by atoms with Crippen LogP contribution >= 0.6 is 0 Å². The Morgan fingerprint density at radius 2 is 2.24 bits per heavy atom. The molecule has 2 unspecified atom stereocenters. The van der Waals surface area contributed by atoms with Gasteiger partial charge in [0.05, 0.1) is 13.0 Å². The van der Waals surface area contributed by atoms with Gasteiger partial charge in [0.2, 0.25) is 0 Å². The van der Waals surface area contributed by atoms with Gasteiger partial charge >= 0.3 is 5.97 Å². The first-order chi connectivity index (χ1) is 8.20. The van der Waals surface area contributed by atoms with E-state index in [1.54, 1.807) is 0 Å². The Hall–Kier alpha value is -0.610. The van der Waals surface area contributed by atoms with E-state index in [0.717, 1.165) is 25.7 Å². The quantitative estimate of drug-likeness (QED) is 0.689. The van der Waals surface area contributed by atoms with Crippen LogP contribution in [0.1, 0.15) is 33.1 Å². The fraction of sp³-hybridized carbons (Fsp3) is 0.923. The first kappa shape index (κ1) is 12.8. The lowest BCUT2D eigenvalue weighted by molar-refractivity contribution is -0.144. The van der Waals surface area contributed by atoms with Crippen molar-refractivity contribution in [2.24, 2.45) is 0 Å². The van der Waals surface area contributed by atoms with E-state index < -0.39 is 0 Å². The molecule has 0 aromatic rings. The Balaban J connectivity index is 1.79. The molecule has 0 amide bonds. The molecule has 0 radical (unpaired) electrons. The van der Waals surface area contributed by atoms with Gasteiger partial charge < -0.3 is 4.74 Å². The summed E-state index contributed by atoms with van der Waals surface area (Å²) >= 11 is 0. The molecule has 2 aliphatic heterocycles. The number of piperazine rings is 1. The molecule has 0 aromatic heterocycles. The van der Waals surface area contributed by atoms with E-state index in [2.05, 4.69) is 16.7 Å². The molecule has 0 N–H and O–H groups in total. The van der Waals surface area contributed by atoms with Gasteiger partial charge in [-0.2, -0.15) is 0 Å². The fourth-order valence-corrected chi connectivity index (χ4v) is 3.01. The van der Waals surface area contributed by atoms with Crippen LogP contribution in [-0.2, 0) is 9.53 Å². The minimum absolute atomic E-state index is 0.0612. The molecule has 2 heterocycles. The first-order valence-corrected chi connectivity index (χ1v) is 6.84. The van der Waals surface area contributed by atoms with E-state index in [-0.39, 0.29) is 5.97 Å². The van der Waals surface area contributed by atoms with Gasteiger partial charge in [-0.1, -0.05) is 0 Å². The Morgan fingerprint density at radius 1 is 1.41 bits per heavy atom. The van der Waals surface area contributed by atoms with Crippen LogP contribution in [0.5, 0.6) is 0 Å². The third kappa shape index (κ3) is 3.19. The number of carbonyl (C=O) groups is 1. The molecule has 4 nitrogen and oxygen atoms in total. The van der Waals surface area contributed by atoms with E-state index in [1.807, 2.05) is 6.92 Å². The second kappa shape index (κ2) is 5.83. The van der Waals surface area contributed by atoms with Gasteiger partial charge in [-0.15, -0.1) is 0 Å². The molecule has 2 fully saturated rings. The monoisotopic (exact) mass is 240 g/mol. The average molecular weight is 240 g/mol. The summed E-state index contributed by atoms with van der Waals surface area (Å²) < 4.78 is 5.01. The molecule has 4 heteroatoms. The zero-order valence-electron chi connectivity index (χ0n) is 11.0. The summed E-state index contributed by atoms with van der Waals surface area (Å²) in [6, 6.07) is 1.05. The molecule has 98 valence electrons. The van der Waals surface area contributed by atoms with Gasteiger partial charge in [0, 0.05) is 31.7 Å². The standard InChI is InChI=1S/C13H24N2O2/c1-3-17-13(16)9-11(2)15-8-7-14-6-4-5-12(14)10-15/h11-12H,3-10H2,1-2H3. The number of fused-ring (bicyclic) bond motifs is 1. The molecule has 0 aliphatic carbocycles. The average Bonchev–Trinajstić information content (AvgIpc) is 2.75. The predicted octanol–water partition coefficient (Wildman–Crippen LogP) is 1.11. The zero-order valence-corrected chi connectivity index (χ0v) is 11.0. The van der Waals surface area contributed by atoms with Crippen molar-refractivity contribution in [2.45, 2.75) is 45.2 Å². The van der Waals surface area contributed by atoms with Gasteiger partial charge in [-0.3, -0.25) is 14.6 Å². The van der Waals surface area contributed by atoms with Crippen molar-refractivity contribution < 1.29 is 9.53 Å². The normalized spacial score (nSPS) is 27.8. The fourth-order valence-electron chi connectivity index (χ4n) is 3.01. The van der Waals surface area contributed by atoms with Crippen molar-refractivity contribution >= 4 is 5.97 Å². The minimum Gasteiger partial charge on any atom is -0.466 e. The van der Waals surface area contributed by atoms with Crippen molar-refractivity contribution in [3.8, 4) is 0 Å². The number of ether oxygens (including phenoxy) is 1. The lowest BCUT2D eigenvalue weighted by Crippen LogP contribution is -2.53. The van der Waals surface area contributed by atoms with Gasteiger partial charge in [0.15, 0.2) is 0 Å². The van der Waals surface area contributed by atoms with Crippen molar-refractivity contribution in [1.82, 2.24) is 9.80 Å². The van der Waals surface area contributed by atoms with Crippen LogP contribution in [0.4, 0.5) is 0 Å². The second-order valence-electron chi connectivity index (χ2n) is 5.19. The molecule has 0 bridgehead atoms. The third-order valence-corrected chi connectivity index (χ3v) is 4.01. The largest absolute Gasteiger partial charge is 0.466 e. The SMILES string of the molecule is CCOC(=O)CC(C)N1CCN2CCCC2C1. The Labute approximate surface area is 104 Å². The lowest BCUT2D eigenvalue weighted by Gasteiger charge is -2.40. The molecule has 0 spiro atoms. The molecule has 17 heavy (non-hydrogen) atoms.